The predicted octanol–water partition coefficient (Wildman–Crippen LogP) is 3.65. The molecule has 2 rings (SSSR count). The van der Waals surface area contributed by atoms with Gasteiger partial charge in [0.05, 0.1) is 16.6 Å². The Bertz CT molecular complexity index is 914. The lowest BCUT2D eigenvalue weighted by molar-refractivity contribution is 0.0697. The standard InChI is InChI=1S/C21H28N2O5S/c1-15(2)28-13-7-12-22-20-11-10-18(14-19(20)21(24)25)29(26,27)23-16(3)17-8-5-4-6-9-17/h4-6,8-11,14-16,22-23H,7,12-13H2,1-3H3,(H,24,25)/t16-/m0/s1. The van der Waals surface area contributed by atoms with Gasteiger partial charge in [-0.1, -0.05) is 30.3 Å². The van der Waals surface area contributed by atoms with Crippen molar-refractivity contribution in [3.8, 4) is 0 Å². The monoisotopic (exact) mass is 420 g/mol. The smallest absolute Gasteiger partial charge is 0.337 e. The number of carbonyl (C=O) groups is 1. The first-order chi connectivity index (χ1) is 13.7. The number of benzene rings is 2. The van der Waals surface area contributed by atoms with Crippen LogP contribution < -0.4 is 10.0 Å². The van der Waals surface area contributed by atoms with Crippen LogP contribution in [0.15, 0.2) is 53.4 Å². The SMILES string of the molecule is CC(C)OCCCNc1ccc(S(=O)(=O)N[C@@H](C)c2ccccc2)cc1C(=O)O. The third-order valence-electron chi connectivity index (χ3n) is 4.25. The van der Waals surface area contributed by atoms with Gasteiger partial charge < -0.3 is 15.2 Å². The van der Waals surface area contributed by atoms with Crippen molar-refractivity contribution in [1.29, 1.82) is 0 Å². The van der Waals surface area contributed by atoms with Gasteiger partial charge >= 0.3 is 5.97 Å². The maximum absolute atomic E-state index is 12.7. The lowest BCUT2D eigenvalue weighted by atomic mass is 10.1. The summed E-state index contributed by atoms with van der Waals surface area (Å²) < 4.78 is 33.5. The highest BCUT2D eigenvalue weighted by Crippen LogP contribution is 2.23. The summed E-state index contributed by atoms with van der Waals surface area (Å²) in [7, 11) is -3.88. The molecule has 0 saturated heterocycles. The molecule has 8 heteroatoms. The van der Waals surface area contributed by atoms with Gasteiger partial charge in [-0.2, -0.15) is 0 Å². The van der Waals surface area contributed by atoms with Crippen LogP contribution in [0.5, 0.6) is 0 Å². The second-order valence-corrected chi connectivity index (χ2v) is 8.68. The summed E-state index contributed by atoms with van der Waals surface area (Å²) in [6, 6.07) is 12.8. The Morgan fingerprint density at radius 2 is 1.79 bits per heavy atom. The molecule has 0 aliphatic carbocycles. The molecule has 0 aliphatic rings. The molecule has 158 valence electrons. The van der Waals surface area contributed by atoms with E-state index in [4.69, 9.17) is 4.74 Å². The molecular formula is C21H28N2O5S. The molecule has 7 nitrogen and oxygen atoms in total. The minimum Gasteiger partial charge on any atom is -0.478 e. The average molecular weight is 421 g/mol. The fourth-order valence-corrected chi connectivity index (χ4v) is 4.00. The van der Waals surface area contributed by atoms with Gasteiger partial charge in [0.2, 0.25) is 10.0 Å². The predicted molar refractivity (Wildman–Crippen MR) is 113 cm³/mol. The highest BCUT2D eigenvalue weighted by molar-refractivity contribution is 7.89. The number of carboxylic acid groups (broad SMARTS) is 1. The van der Waals surface area contributed by atoms with Crippen molar-refractivity contribution in [3.63, 3.8) is 0 Å². The van der Waals surface area contributed by atoms with E-state index in [-0.39, 0.29) is 16.6 Å². The van der Waals surface area contributed by atoms with Gasteiger partial charge in [0.15, 0.2) is 0 Å². The molecule has 0 saturated carbocycles. The zero-order valence-corrected chi connectivity index (χ0v) is 17.7. The lowest BCUT2D eigenvalue weighted by Gasteiger charge is -2.16. The van der Waals surface area contributed by atoms with Crippen molar-refractivity contribution < 1.29 is 23.1 Å². The summed E-state index contributed by atoms with van der Waals surface area (Å²) in [6.07, 6.45) is 0.841. The highest BCUT2D eigenvalue weighted by Gasteiger charge is 2.21. The Hall–Kier alpha value is -2.42. The number of hydrogen-bond acceptors (Lipinski definition) is 5. The first-order valence-corrected chi connectivity index (χ1v) is 11.0. The highest BCUT2D eigenvalue weighted by atomic mass is 32.2. The van der Waals surface area contributed by atoms with E-state index in [2.05, 4.69) is 10.0 Å². The minimum atomic E-state index is -3.88. The second-order valence-electron chi connectivity index (χ2n) is 6.97. The van der Waals surface area contributed by atoms with E-state index in [1.54, 1.807) is 6.92 Å². The summed E-state index contributed by atoms with van der Waals surface area (Å²) in [5.41, 5.74) is 1.10. The van der Waals surface area contributed by atoms with Gasteiger partial charge in [-0.25, -0.2) is 17.9 Å². The summed E-state index contributed by atoms with van der Waals surface area (Å²) in [4.78, 5) is 11.6. The quantitative estimate of drug-likeness (QED) is 0.479. The Labute approximate surface area is 172 Å². The Morgan fingerprint density at radius 3 is 2.41 bits per heavy atom. The fourth-order valence-electron chi connectivity index (χ4n) is 2.75. The van der Waals surface area contributed by atoms with Crippen molar-refractivity contribution in [2.24, 2.45) is 0 Å². The average Bonchev–Trinajstić information content (AvgIpc) is 2.67. The number of anilines is 1. The molecule has 2 aromatic rings. The summed E-state index contributed by atoms with van der Waals surface area (Å²) in [6.45, 7) is 6.70. The third kappa shape index (κ3) is 6.85. The molecule has 2 aromatic carbocycles. The summed E-state index contributed by atoms with van der Waals surface area (Å²) >= 11 is 0. The van der Waals surface area contributed by atoms with Crippen LogP contribution in [-0.2, 0) is 14.8 Å². The van der Waals surface area contributed by atoms with Gasteiger partial charge in [0.1, 0.15) is 0 Å². The number of aromatic carboxylic acids is 1. The second kappa shape index (κ2) is 10.4. The van der Waals surface area contributed by atoms with Crippen LogP contribution in [0, 0.1) is 0 Å². The molecule has 0 aromatic heterocycles. The van der Waals surface area contributed by atoms with Crippen LogP contribution in [0.25, 0.3) is 0 Å². The fraction of sp³-hybridized carbons (Fsp3) is 0.381. The number of rotatable bonds is 11. The lowest BCUT2D eigenvalue weighted by Crippen LogP contribution is -2.27. The van der Waals surface area contributed by atoms with E-state index < -0.39 is 22.0 Å². The molecule has 1 atom stereocenters. The number of nitrogens with one attached hydrogen (secondary N) is 2. The van der Waals surface area contributed by atoms with Crippen LogP contribution in [0.1, 0.15) is 49.2 Å². The van der Waals surface area contributed by atoms with E-state index in [0.29, 0.717) is 25.3 Å². The molecule has 0 unspecified atom stereocenters. The normalized spacial score (nSPS) is 12.7. The molecule has 0 bridgehead atoms. The molecule has 0 amide bonds. The Balaban J connectivity index is 2.12. The Morgan fingerprint density at radius 1 is 1.10 bits per heavy atom. The van der Waals surface area contributed by atoms with Crippen molar-refractivity contribution in [2.45, 2.75) is 44.2 Å². The number of ether oxygens (including phenoxy) is 1. The topological polar surface area (TPSA) is 105 Å². The minimum absolute atomic E-state index is 0.0913. The molecule has 29 heavy (non-hydrogen) atoms. The van der Waals surface area contributed by atoms with E-state index in [0.717, 1.165) is 5.56 Å². The summed E-state index contributed by atoms with van der Waals surface area (Å²) in [5, 5.41) is 12.5. The van der Waals surface area contributed by atoms with Crippen molar-refractivity contribution in [1.82, 2.24) is 4.72 Å². The van der Waals surface area contributed by atoms with Crippen LogP contribution in [0.4, 0.5) is 5.69 Å². The van der Waals surface area contributed by atoms with Crippen molar-refractivity contribution in [2.75, 3.05) is 18.5 Å². The zero-order valence-electron chi connectivity index (χ0n) is 16.9. The van der Waals surface area contributed by atoms with Crippen LogP contribution in [-0.4, -0.2) is 38.7 Å². The maximum Gasteiger partial charge on any atom is 0.337 e. The van der Waals surface area contributed by atoms with E-state index in [1.807, 2.05) is 44.2 Å². The van der Waals surface area contributed by atoms with Gasteiger partial charge in [0, 0.05) is 24.9 Å². The number of sulfonamides is 1. The number of hydrogen-bond donors (Lipinski definition) is 3. The molecule has 3 N–H and O–H groups in total. The van der Waals surface area contributed by atoms with E-state index in [9.17, 15) is 18.3 Å². The molecular weight excluding hydrogens is 392 g/mol. The molecule has 0 radical (unpaired) electrons. The first-order valence-electron chi connectivity index (χ1n) is 9.51. The molecule has 0 spiro atoms. The molecule has 0 heterocycles. The zero-order chi connectivity index (χ0) is 21.4. The van der Waals surface area contributed by atoms with Crippen molar-refractivity contribution in [3.05, 3.63) is 59.7 Å². The largest absolute Gasteiger partial charge is 0.478 e. The van der Waals surface area contributed by atoms with Crippen LogP contribution in [0.3, 0.4) is 0 Å². The third-order valence-corrected chi connectivity index (χ3v) is 5.79. The van der Waals surface area contributed by atoms with Crippen LogP contribution in [0.2, 0.25) is 0 Å². The van der Waals surface area contributed by atoms with Gasteiger partial charge in [-0.15, -0.1) is 0 Å². The van der Waals surface area contributed by atoms with Gasteiger partial charge in [-0.05, 0) is 51.0 Å². The van der Waals surface area contributed by atoms with Crippen LogP contribution >= 0.6 is 0 Å². The first kappa shape index (κ1) is 22.9. The van der Waals surface area contributed by atoms with Gasteiger partial charge in [0.25, 0.3) is 0 Å². The van der Waals surface area contributed by atoms with E-state index in [1.165, 1.54) is 18.2 Å². The number of carboxylic acids is 1. The van der Waals surface area contributed by atoms with E-state index >= 15 is 0 Å². The molecule has 0 fully saturated rings. The maximum atomic E-state index is 12.7. The molecule has 0 aliphatic heterocycles. The Kier molecular flexibility index (Phi) is 8.19. The summed E-state index contributed by atoms with van der Waals surface area (Å²) in [5.74, 6) is -1.20. The van der Waals surface area contributed by atoms with Gasteiger partial charge in [-0.3, -0.25) is 0 Å². The van der Waals surface area contributed by atoms with Crippen molar-refractivity contribution >= 4 is 21.7 Å².